The zero-order valence-corrected chi connectivity index (χ0v) is 21.4. The van der Waals surface area contributed by atoms with Gasteiger partial charge in [-0.1, -0.05) is 36.4 Å². The third kappa shape index (κ3) is 10.4. The first-order chi connectivity index (χ1) is 15.6. The second-order valence-corrected chi connectivity index (χ2v) is 10.4. The highest BCUT2D eigenvalue weighted by Crippen LogP contribution is 2.29. The molecule has 0 radical (unpaired) electrons. The smallest absolute Gasteiger partial charge is 0.420 e. The summed E-state index contributed by atoms with van der Waals surface area (Å²) in [7, 11) is 0. The number of carboxylic acid groups (broad SMARTS) is 1. The van der Waals surface area contributed by atoms with Gasteiger partial charge in [0.1, 0.15) is 17.2 Å². The van der Waals surface area contributed by atoms with E-state index in [1.54, 1.807) is 54.5 Å². The Morgan fingerprint density at radius 1 is 0.971 bits per heavy atom. The van der Waals surface area contributed by atoms with Gasteiger partial charge in [-0.15, -0.1) is 6.58 Å². The molecule has 34 heavy (non-hydrogen) atoms. The number of ether oxygens (including phenoxy) is 3. The lowest BCUT2D eigenvalue weighted by molar-refractivity contribution is -0.147. The fourth-order valence-corrected chi connectivity index (χ4v) is 3.12. The van der Waals surface area contributed by atoms with E-state index in [9.17, 15) is 19.5 Å². The third-order valence-electron chi connectivity index (χ3n) is 4.71. The van der Waals surface area contributed by atoms with Gasteiger partial charge in [0.2, 0.25) is 0 Å². The summed E-state index contributed by atoms with van der Waals surface area (Å²) in [5, 5.41) is 10.1. The summed E-state index contributed by atoms with van der Waals surface area (Å²) in [5.74, 6) is -1.37. The standard InChI is InChI=1S/C26H39NO7/c1-9-10-16-26(8,32-18-19-14-12-11-13-15-19)17-20(21(28)29)27(22(30)33-24(2,3)4)23(31)34-25(5,6)7/h9,11-15,20H,1,10,16-18H2,2-8H3,(H,28,29)/t20?,26-/m0/s1. The van der Waals surface area contributed by atoms with Gasteiger partial charge in [-0.05, 0) is 66.9 Å². The van der Waals surface area contributed by atoms with E-state index in [0.717, 1.165) is 5.56 Å². The van der Waals surface area contributed by atoms with Crippen molar-refractivity contribution in [1.29, 1.82) is 0 Å². The van der Waals surface area contributed by atoms with Crippen LogP contribution in [-0.2, 0) is 25.6 Å². The Bertz CT molecular complexity index is 811. The largest absolute Gasteiger partial charge is 0.480 e. The molecule has 0 aromatic heterocycles. The van der Waals surface area contributed by atoms with E-state index in [4.69, 9.17) is 14.2 Å². The normalized spacial score (nSPS) is 14.4. The van der Waals surface area contributed by atoms with Crippen LogP contribution in [-0.4, -0.2) is 51.0 Å². The predicted octanol–water partition coefficient (Wildman–Crippen LogP) is 5.94. The second-order valence-electron chi connectivity index (χ2n) is 10.4. The quantitative estimate of drug-likeness (QED) is 0.416. The molecule has 190 valence electrons. The molecular formula is C26H39NO7. The van der Waals surface area contributed by atoms with E-state index < -0.39 is 41.0 Å². The van der Waals surface area contributed by atoms with E-state index in [0.29, 0.717) is 17.7 Å². The highest BCUT2D eigenvalue weighted by Gasteiger charge is 2.44. The lowest BCUT2D eigenvalue weighted by Gasteiger charge is -2.37. The number of benzene rings is 1. The summed E-state index contributed by atoms with van der Waals surface area (Å²) in [4.78, 5) is 38.9. The first kappa shape index (κ1) is 29.2. The number of carbonyl (C=O) groups excluding carboxylic acids is 2. The SMILES string of the molecule is C=CCC[C@@](C)(CC(C(=O)O)N(C(=O)OC(C)(C)C)C(=O)OC(C)(C)C)OCc1ccccc1. The summed E-state index contributed by atoms with van der Waals surface area (Å²) in [6.07, 6.45) is 0.340. The average Bonchev–Trinajstić information content (AvgIpc) is 2.68. The zero-order chi connectivity index (χ0) is 26.2. The summed E-state index contributed by atoms with van der Waals surface area (Å²) >= 11 is 0. The van der Waals surface area contributed by atoms with E-state index >= 15 is 0 Å². The van der Waals surface area contributed by atoms with Crippen molar-refractivity contribution < 1.29 is 33.7 Å². The summed E-state index contributed by atoms with van der Waals surface area (Å²) in [5.41, 5.74) is -1.97. The molecule has 0 fully saturated rings. The summed E-state index contributed by atoms with van der Waals surface area (Å²) in [6.45, 7) is 15.5. The Labute approximate surface area is 202 Å². The minimum Gasteiger partial charge on any atom is -0.480 e. The Balaban J connectivity index is 3.32. The van der Waals surface area contributed by atoms with Crippen LogP contribution in [0.15, 0.2) is 43.0 Å². The highest BCUT2D eigenvalue weighted by atomic mass is 16.6. The minimum atomic E-state index is -1.57. The van der Waals surface area contributed by atoms with Crippen molar-refractivity contribution in [3.05, 3.63) is 48.6 Å². The molecule has 0 spiro atoms. The van der Waals surface area contributed by atoms with Crippen molar-refractivity contribution in [2.45, 2.75) is 97.2 Å². The maximum absolute atomic E-state index is 13.0. The van der Waals surface area contributed by atoms with Crippen molar-refractivity contribution >= 4 is 18.2 Å². The van der Waals surface area contributed by atoms with Gasteiger partial charge < -0.3 is 19.3 Å². The molecule has 8 heteroatoms. The number of rotatable bonds is 10. The van der Waals surface area contributed by atoms with Crippen molar-refractivity contribution in [1.82, 2.24) is 4.90 Å². The number of carboxylic acids is 1. The first-order valence-corrected chi connectivity index (χ1v) is 11.3. The predicted molar refractivity (Wildman–Crippen MR) is 129 cm³/mol. The Kier molecular flexibility index (Phi) is 10.3. The van der Waals surface area contributed by atoms with E-state index in [1.165, 1.54) is 0 Å². The molecule has 0 aliphatic carbocycles. The Morgan fingerprint density at radius 3 is 1.88 bits per heavy atom. The molecule has 0 bridgehead atoms. The summed E-state index contributed by atoms with van der Waals surface area (Å²) in [6, 6.07) is 7.88. The molecule has 8 nitrogen and oxygen atoms in total. The van der Waals surface area contributed by atoms with E-state index in [1.807, 2.05) is 30.3 Å². The second kappa shape index (κ2) is 12.0. The molecule has 1 rings (SSSR count). The zero-order valence-electron chi connectivity index (χ0n) is 21.4. The molecule has 1 aromatic rings. The van der Waals surface area contributed by atoms with E-state index in [-0.39, 0.29) is 13.0 Å². The van der Waals surface area contributed by atoms with Gasteiger partial charge in [0.25, 0.3) is 0 Å². The van der Waals surface area contributed by atoms with Crippen molar-refractivity contribution in [3.63, 3.8) is 0 Å². The molecule has 0 heterocycles. The van der Waals surface area contributed by atoms with Gasteiger partial charge in [-0.2, -0.15) is 4.90 Å². The minimum absolute atomic E-state index is 0.165. The number of nitrogens with zero attached hydrogens (tertiary/aromatic N) is 1. The lowest BCUT2D eigenvalue weighted by Crippen LogP contribution is -2.54. The maximum atomic E-state index is 13.0. The molecular weight excluding hydrogens is 438 g/mol. The topological polar surface area (TPSA) is 102 Å². The Morgan fingerprint density at radius 2 is 1.47 bits per heavy atom. The number of amides is 2. The molecule has 0 aliphatic heterocycles. The third-order valence-corrected chi connectivity index (χ3v) is 4.71. The molecule has 2 amide bonds. The molecule has 0 aliphatic rings. The number of aliphatic carboxylic acids is 1. The molecule has 1 aromatic carbocycles. The maximum Gasteiger partial charge on any atom is 0.420 e. The fourth-order valence-electron chi connectivity index (χ4n) is 3.12. The van der Waals surface area contributed by atoms with Gasteiger partial charge in [0, 0.05) is 6.42 Å². The fraction of sp³-hybridized carbons (Fsp3) is 0.577. The van der Waals surface area contributed by atoms with Crippen molar-refractivity contribution in [2.24, 2.45) is 0 Å². The van der Waals surface area contributed by atoms with Crippen LogP contribution in [0.25, 0.3) is 0 Å². The van der Waals surface area contributed by atoms with Gasteiger partial charge in [-0.25, -0.2) is 14.4 Å². The van der Waals surface area contributed by atoms with Gasteiger partial charge in [0.15, 0.2) is 0 Å². The lowest BCUT2D eigenvalue weighted by atomic mass is 9.90. The molecule has 1 unspecified atom stereocenters. The van der Waals surface area contributed by atoms with Crippen LogP contribution in [0.5, 0.6) is 0 Å². The first-order valence-electron chi connectivity index (χ1n) is 11.3. The number of hydrogen-bond acceptors (Lipinski definition) is 6. The molecule has 2 atom stereocenters. The monoisotopic (exact) mass is 477 g/mol. The molecule has 0 saturated carbocycles. The van der Waals surface area contributed by atoms with Gasteiger partial charge >= 0.3 is 18.2 Å². The number of hydrogen-bond donors (Lipinski definition) is 1. The van der Waals surface area contributed by atoms with Crippen LogP contribution >= 0.6 is 0 Å². The van der Waals surface area contributed by atoms with Crippen LogP contribution in [0.1, 0.15) is 73.3 Å². The van der Waals surface area contributed by atoms with Crippen LogP contribution < -0.4 is 0 Å². The van der Waals surface area contributed by atoms with Crippen LogP contribution in [0.4, 0.5) is 9.59 Å². The number of carbonyl (C=O) groups is 3. The van der Waals surface area contributed by atoms with Crippen molar-refractivity contribution in [2.75, 3.05) is 0 Å². The highest BCUT2D eigenvalue weighted by molar-refractivity contribution is 5.93. The molecule has 0 saturated heterocycles. The van der Waals surface area contributed by atoms with Crippen LogP contribution in [0.2, 0.25) is 0 Å². The van der Waals surface area contributed by atoms with Crippen LogP contribution in [0, 0.1) is 0 Å². The molecule has 1 N–H and O–H groups in total. The summed E-state index contributed by atoms with van der Waals surface area (Å²) < 4.78 is 16.9. The average molecular weight is 478 g/mol. The number of allylic oxidation sites excluding steroid dienone is 1. The number of imide groups is 1. The van der Waals surface area contributed by atoms with Crippen LogP contribution in [0.3, 0.4) is 0 Å². The van der Waals surface area contributed by atoms with Gasteiger partial charge in [-0.3, -0.25) is 0 Å². The van der Waals surface area contributed by atoms with Gasteiger partial charge in [0.05, 0.1) is 12.2 Å². The van der Waals surface area contributed by atoms with E-state index in [2.05, 4.69) is 6.58 Å². The van der Waals surface area contributed by atoms with Crippen molar-refractivity contribution in [3.8, 4) is 0 Å². The Hall–Kier alpha value is -2.87.